The summed E-state index contributed by atoms with van der Waals surface area (Å²) >= 11 is 11.5. The Balaban J connectivity index is 2.25. The second-order valence-corrected chi connectivity index (χ2v) is 4.66. The minimum atomic E-state index is -0.698. The number of amides is 1. The number of carbonyl (C=O) groups excluding carboxylic acids is 1. The van der Waals surface area contributed by atoms with Crippen LogP contribution in [0.3, 0.4) is 0 Å². The lowest BCUT2D eigenvalue weighted by molar-refractivity contribution is 0.102. The van der Waals surface area contributed by atoms with Gasteiger partial charge in [-0.1, -0.05) is 23.2 Å². The Morgan fingerprint density at radius 2 is 1.89 bits per heavy atom. The van der Waals surface area contributed by atoms with Gasteiger partial charge in [-0.05, 0) is 36.4 Å². The Hall–Kier alpha value is -1.78. The molecule has 2 aromatic carbocycles. The van der Waals surface area contributed by atoms with Gasteiger partial charge in [0.1, 0.15) is 5.82 Å². The number of nitrogens with one attached hydrogen (secondary N) is 1. The van der Waals surface area contributed by atoms with E-state index in [-0.39, 0.29) is 15.6 Å². The summed E-state index contributed by atoms with van der Waals surface area (Å²) in [5, 5.41) is 3.01. The number of anilines is 2. The maximum absolute atomic E-state index is 13.6. The molecule has 0 atom stereocenters. The van der Waals surface area contributed by atoms with E-state index >= 15 is 0 Å². The van der Waals surface area contributed by atoms with Gasteiger partial charge in [0.05, 0.1) is 16.3 Å². The standard InChI is InChI=1S/C13H9Cl2FN2O/c14-7-1-3-9(11(16)5-7)13(19)18-12-4-2-8(17)6-10(12)15/h1-6H,17H2,(H,18,19). The highest BCUT2D eigenvalue weighted by molar-refractivity contribution is 6.34. The molecule has 0 heterocycles. The van der Waals surface area contributed by atoms with Crippen molar-refractivity contribution >= 4 is 40.5 Å². The number of carbonyl (C=O) groups is 1. The Labute approximate surface area is 119 Å². The van der Waals surface area contributed by atoms with Crippen LogP contribution in [0.25, 0.3) is 0 Å². The van der Waals surface area contributed by atoms with Gasteiger partial charge in [-0.2, -0.15) is 0 Å². The van der Waals surface area contributed by atoms with Crippen molar-refractivity contribution in [2.45, 2.75) is 0 Å². The van der Waals surface area contributed by atoms with E-state index in [0.29, 0.717) is 11.4 Å². The van der Waals surface area contributed by atoms with Gasteiger partial charge < -0.3 is 11.1 Å². The number of hydrogen-bond acceptors (Lipinski definition) is 2. The Morgan fingerprint density at radius 3 is 2.53 bits per heavy atom. The first-order chi connectivity index (χ1) is 8.97. The second kappa shape index (κ2) is 5.47. The van der Waals surface area contributed by atoms with Crippen molar-refractivity contribution in [2.24, 2.45) is 0 Å². The highest BCUT2D eigenvalue weighted by atomic mass is 35.5. The van der Waals surface area contributed by atoms with Crippen molar-refractivity contribution in [3.05, 3.63) is 57.8 Å². The predicted molar refractivity (Wildman–Crippen MR) is 75.2 cm³/mol. The third kappa shape index (κ3) is 3.16. The topological polar surface area (TPSA) is 55.1 Å². The Bertz CT molecular complexity index is 647. The maximum atomic E-state index is 13.6. The van der Waals surface area contributed by atoms with Gasteiger partial charge in [0.15, 0.2) is 0 Å². The first-order valence-electron chi connectivity index (χ1n) is 5.29. The Kier molecular flexibility index (Phi) is 3.93. The zero-order valence-electron chi connectivity index (χ0n) is 9.58. The first kappa shape index (κ1) is 13.6. The molecule has 0 bridgehead atoms. The van der Waals surface area contributed by atoms with Gasteiger partial charge in [0.25, 0.3) is 5.91 Å². The molecule has 0 radical (unpaired) electrons. The molecule has 0 aliphatic heterocycles. The summed E-state index contributed by atoms with van der Waals surface area (Å²) in [4.78, 5) is 11.9. The third-order valence-corrected chi connectivity index (χ3v) is 2.96. The molecule has 0 spiro atoms. The van der Waals surface area contributed by atoms with Crippen LogP contribution < -0.4 is 11.1 Å². The third-order valence-electron chi connectivity index (χ3n) is 2.42. The average molecular weight is 299 g/mol. The van der Waals surface area contributed by atoms with Crippen LogP contribution in [0.1, 0.15) is 10.4 Å². The van der Waals surface area contributed by atoms with Gasteiger partial charge in [0, 0.05) is 10.7 Å². The van der Waals surface area contributed by atoms with Crippen LogP contribution in [0, 0.1) is 5.82 Å². The molecule has 2 rings (SSSR count). The van der Waals surface area contributed by atoms with Gasteiger partial charge in [-0.15, -0.1) is 0 Å². The minimum Gasteiger partial charge on any atom is -0.399 e. The summed E-state index contributed by atoms with van der Waals surface area (Å²) in [6, 6.07) is 8.43. The summed E-state index contributed by atoms with van der Waals surface area (Å²) in [7, 11) is 0. The van der Waals surface area contributed by atoms with E-state index in [0.717, 1.165) is 6.07 Å². The molecule has 19 heavy (non-hydrogen) atoms. The number of benzene rings is 2. The second-order valence-electron chi connectivity index (χ2n) is 3.82. The number of nitrogens with two attached hydrogens (primary N) is 1. The lowest BCUT2D eigenvalue weighted by atomic mass is 10.2. The van der Waals surface area contributed by atoms with Gasteiger partial charge in [-0.25, -0.2) is 4.39 Å². The molecule has 0 aliphatic rings. The Morgan fingerprint density at radius 1 is 1.16 bits per heavy atom. The molecule has 0 aliphatic carbocycles. The monoisotopic (exact) mass is 298 g/mol. The molecule has 3 N–H and O–H groups in total. The summed E-state index contributed by atoms with van der Waals surface area (Å²) in [6.45, 7) is 0. The summed E-state index contributed by atoms with van der Waals surface area (Å²) in [5.41, 5.74) is 6.25. The van der Waals surface area contributed by atoms with E-state index in [1.165, 1.54) is 18.2 Å². The van der Waals surface area contributed by atoms with E-state index in [1.807, 2.05) is 0 Å². The normalized spacial score (nSPS) is 10.3. The SMILES string of the molecule is Nc1ccc(NC(=O)c2ccc(Cl)cc2F)c(Cl)c1. The van der Waals surface area contributed by atoms with Crippen molar-refractivity contribution in [2.75, 3.05) is 11.1 Å². The van der Waals surface area contributed by atoms with Crippen molar-refractivity contribution < 1.29 is 9.18 Å². The molecule has 3 nitrogen and oxygen atoms in total. The fourth-order valence-corrected chi connectivity index (χ4v) is 1.89. The molecular formula is C13H9Cl2FN2O. The fraction of sp³-hybridized carbons (Fsp3) is 0. The lowest BCUT2D eigenvalue weighted by Crippen LogP contribution is -2.14. The quantitative estimate of drug-likeness (QED) is 0.824. The van der Waals surface area contributed by atoms with Crippen LogP contribution >= 0.6 is 23.2 Å². The molecule has 0 unspecified atom stereocenters. The van der Waals surface area contributed by atoms with Crippen LogP contribution in [-0.4, -0.2) is 5.91 Å². The molecule has 0 aromatic heterocycles. The maximum Gasteiger partial charge on any atom is 0.258 e. The molecule has 0 saturated carbocycles. The van der Waals surface area contributed by atoms with Crippen LogP contribution in [0.4, 0.5) is 15.8 Å². The van der Waals surface area contributed by atoms with Crippen molar-refractivity contribution in [1.82, 2.24) is 0 Å². The molecular weight excluding hydrogens is 290 g/mol. The van der Waals surface area contributed by atoms with E-state index in [2.05, 4.69) is 5.32 Å². The number of nitrogen functional groups attached to an aromatic ring is 1. The van der Waals surface area contributed by atoms with E-state index in [4.69, 9.17) is 28.9 Å². The average Bonchev–Trinajstić information content (AvgIpc) is 2.32. The van der Waals surface area contributed by atoms with Gasteiger partial charge in [-0.3, -0.25) is 4.79 Å². The molecule has 2 aromatic rings. The lowest BCUT2D eigenvalue weighted by Gasteiger charge is -2.08. The largest absolute Gasteiger partial charge is 0.399 e. The highest BCUT2D eigenvalue weighted by Gasteiger charge is 2.13. The van der Waals surface area contributed by atoms with Crippen LogP contribution in [-0.2, 0) is 0 Å². The zero-order valence-corrected chi connectivity index (χ0v) is 11.1. The van der Waals surface area contributed by atoms with Gasteiger partial charge >= 0.3 is 0 Å². The minimum absolute atomic E-state index is 0.114. The van der Waals surface area contributed by atoms with E-state index in [9.17, 15) is 9.18 Å². The number of rotatable bonds is 2. The van der Waals surface area contributed by atoms with Crippen LogP contribution in [0.5, 0.6) is 0 Å². The van der Waals surface area contributed by atoms with Crippen molar-refractivity contribution in [3.8, 4) is 0 Å². The van der Waals surface area contributed by atoms with E-state index in [1.54, 1.807) is 12.1 Å². The summed E-state index contributed by atoms with van der Waals surface area (Å²) < 4.78 is 13.6. The first-order valence-corrected chi connectivity index (χ1v) is 6.04. The highest BCUT2D eigenvalue weighted by Crippen LogP contribution is 2.25. The van der Waals surface area contributed by atoms with Crippen LogP contribution in [0.15, 0.2) is 36.4 Å². The van der Waals surface area contributed by atoms with Gasteiger partial charge in [0.2, 0.25) is 0 Å². The fourth-order valence-electron chi connectivity index (χ4n) is 1.50. The molecule has 0 fully saturated rings. The van der Waals surface area contributed by atoms with Crippen molar-refractivity contribution in [1.29, 1.82) is 0 Å². The van der Waals surface area contributed by atoms with E-state index < -0.39 is 11.7 Å². The number of hydrogen-bond donors (Lipinski definition) is 2. The molecule has 6 heteroatoms. The number of halogens is 3. The molecule has 1 amide bonds. The molecule has 98 valence electrons. The summed E-state index contributed by atoms with van der Waals surface area (Å²) in [5.74, 6) is -1.31. The zero-order chi connectivity index (χ0) is 14.0. The van der Waals surface area contributed by atoms with Crippen LogP contribution in [0.2, 0.25) is 10.0 Å². The molecule has 0 saturated heterocycles. The van der Waals surface area contributed by atoms with Crippen molar-refractivity contribution in [3.63, 3.8) is 0 Å². The predicted octanol–water partition coefficient (Wildman–Crippen LogP) is 3.97. The smallest absolute Gasteiger partial charge is 0.258 e. The summed E-state index contributed by atoms with van der Waals surface area (Å²) in [6.07, 6.45) is 0.